The highest BCUT2D eigenvalue weighted by Gasteiger charge is 2.06. The van der Waals surface area contributed by atoms with Crippen LogP contribution in [0.25, 0.3) is 0 Å². The summed E-state index contributed by atoms with van der Waals surface area (Å²) < 4.78 is 13.1. The predicted octanol–water partition coefficient (Wildman–Crippen LogP) is 3.07. The molecule has 0 aliphatic rings. The summed E-state index contributed by atoms with van der Waals surface area (Å²) in [7, 11) is 0. The van der Waals surface area contributed by atoms with Gasteiger partial charge in [0.15, 0.2) is 0 Å². The average Bonchev–Trinajstić information content (AvgIpc) is 2.47. The molecule has 0 aromatic heterocycles. The van der Waals surface area contributed by atoms with Gasteiger partial charge in [-0.25, -0.2) is 9.18 Å². The van der Waals surface area contributed by atoms with Gasteiger partial charge >= 0.3 is 5.97 Å². The number of benzene rings is 2. The third-order valence-electron chi connectivity index (χ3n) is 2.83. The van der Waals surface area contributed by atoms with Crippen molar-refractivity contribution in [3.05, 3.63) is 59.4 Å². The van der Waals surface area contributed by atoms with Gasteiger partial charge in [-0.05, 0) is 49.4 Å². The van der Waals surface area contributed by atoms with E-state index in [4.69, 9.17) is 5.11 Å². The lowest BCUT2D eigenvalue weighted by Crippen LogP contribution is -2.01. The first-order valence-electron chi connectivity index (χ1n) is 6.10. The third-order valence-corrected chi connectivity index (χ3v) is 2.83. The molecule has 5 nitrogen and oxygen atoms in total. The third kappa shape index (κ3) is 3.56. The van der Waals surface area contributed by atoms with Crippen LogP contribution in [-0.2, 0) is 0 Å². The Balaban J connectivity index is 2.16. The number of hydrogen-bond donors (Lipinski definition) is 3. The van der Waals surface area contributed by atoms with E-state index in [2.05, 4.69) is 10.5 Å². The molecule has 0 atom stereocenters. The number of nitrogens with one attached hydrogen (secondary N) is 1. The van der Waals surface area contributed by atoms with E-state index in [-0.39, 0.29) is 16.9 Å². The lowest BCUT2D eigenvalue weighted by atomic mass is 10.1. The minimum absolute atomic E-state index is 0.0688. The lowest BCUT2D eigenvalue weighted by molar-refractivity contribution is 0.0697. The SMILES string of the molecule is C/C(=N/Nc1ccc(C(=O)O)cc1)c1cc(F)ccc1O. The molecule has 0 unspecified atom stereocenters. The Morgan fingerprint density at radius 2 is 1.86 bits per heavy atom. The zero-order valence-corrected chi connectivity index (χ0v) is 11.2. The van der Waals surface area contributed by atoms with Crippen LogP contribution in [0.5, 0.6) is 5.75 Å². The number of anilines is 1. The Hall–Kier alpha value is -2.89. The van der Waals surface area contributed by atoms with E-state index in [1.807, 2.05) is 0 Å². The van der Waals surface area contributed by atoms with E-state index < -0.39 is 11.8 Å². The molecule has 0 amide bonds. The van der Waals surface area contributed by atoms with E-state index >= 15 is 0 Å². The summed E-state index contributed by atoms with van der Waals surface area (Å²) in [5.41, 5.74) is 4.15. The summed E-state index contributed by atoms with van der Waals surface area (Å²) in [6, 6.07) is 9.60. The van der Waals surface area contributed by atoms with Gasteiger partial charge in [0.1, 0.15) is 11.6 Å². The van der Waals surface area contributed by atoms with Crippen molar-refractivity contribution in [2.75, 3.05) is 5.43 Å². The number of aromatic hydroxyl groups is 1. The van der Waals surface area contributed by atoms with Crippen molar-refractivity contribution >= 4 is 17.4 Å². The first-order valence-corrected chi connectivity index (χ1v) is 6.10. The second kappa shape index (κ2) is 6.04. The molecule has 3 N–H and O–H groups in total. The Morgan fingerprint density at radius 3 is 2.48 bits per heavy atom. The van der Waals surface area contributed by atoms with Crippen molar-refractivity contribution < 1.29 is 19.4 Å². The van der Waals surface area contributed by atoms with Crippen molar-refractivity contribution in [2.45, 2.75) is 6.92 Å². The molecular formula is C15H13FN2O3. The Bertz CT molecular complexity index is 697. The van der Waals surface area contributed by atoms with E-state index in [0.717, 1.165) is 6.07 Å². The number of carboxylic acid groups (broad SMARTS) is 1. The highest BCUT2D eigenvalue weighted by molar-refractivity contribution is 6.01. The first kappa shape index (κ1) is 14.5. The molecule has 0 radical (unpaired) electrons. The van der Waals surface area contributed by atoms with Gasteiger partial charge in [-0.15, -0.1) is 0 Å². The summed E-state index contributed by atoms with van der Waals surface area (Å²) in [4.78, 5) is 10.7. The summed E-state index contributed by atoms with van der Waals surface area (Å²) in [6.45, 7) is 1.62. The summed E-state index contributed by atoms with van der Waals surface area (Å²) in [6.07, 6.45) is 0. The minimum atomic E-state index is -1.01. The standard InChI is InChI=1S/C15H13FN2O3/c1-9(13-8-11(16)4-7-14(13)19)17-18-12-5-2-10(3-6-12)15(20)21/h2-8,18-19H,1H3,(H,20,21)/b17-9-. The maximum atomic E-state index is 13.1. The maximum absolute atomic E-state index is 13.1. The molecule has 2 aromatic rings. The molecular weight excluding hydrogens is 275 g/mol. The van der Waals surface area contributed by atoms with Gasteiger partial charge in [0.25, 0.3) is 0 Å². The highest BCUT2D eigenvalue weighted by atomic mass is 19.1. The molecule has 0 spiro atoms. The number of phenols is 1. The molecule has 0 saturated heterocycles. The Kier molecular flexibility index (Phi) is 4.18. The quantitative estimate of drug-likeness (QED) is 0.596. The number of hydrogen-bond acceptors (Lipinski definition) is 4. The maximum Gasteiger partial charge on any atom is 0.335 e. The fraction of sp³-hybridized carbons (Fsp3) is 0.0667. The van der Waals surface area contributed by atoms with Gasteiger partial charge in [0, 0.05) is 5.56 Å². The normalized spacial score (nSPS) is 11.2. The van der Waals surface area contributed by atoms with Crippen LogP contribution in [0, 0.1) is 5.82 Å². The highest BCUT2D eigenvalue weighted by Crippen LogP contribution is 2.19. The van der Waals surface area contributed by atoms with Crippen LogP contribution >= 0.6 is 0 Å². The zero-order valence-electron chi connectivity index (χ0n) is 11.2. The van der Waals surface area contributed by atoms with E-state index in [1.54, 1.807) is 19.1 Å². The zero-order chi connectivity index (χ0) is 15.4. The molecule has 0 aliphatic heterocycles. The van der Waals surface area contributed by atoms with Gasteiger partial charge in [-0.1, -0.05) is 0 Å². The summed E-state index contributed by atoms with van der Waals surface area (Å²) in [5, 5.41) is 22.5. The van der Waals surface area contributed by atoms with Crippen LogP contribution in [0.4, 0.5) is 10.1 Å². The van der Waals surface area contributed by atoms with Crippen LogP contribution in [0.3, 0.4) is 0 Å². The first-order chi connectivity index (χ1) is 9.97. The smallest absolute Gasteiger partial charge is 0.335 e. The van der Waals surface area contributed by atoms with Gasteiger partial charge in [0.05, 0.1) is 17.0 Å². The van der Waals surface area contributed by atoms with E-state index in [0.29, 0.717) is 11.4 Å². The van der Waals surface area contributed by atoms with Crippen LogP contribution in [0.1, 0.15) is 22.8 Å². The number of aromatic carboxylic acids is 1. The molecule has 0 saturated carbocycles. The molecule has 0 bridgehead atoms. The number of phenolic OH excluding ortho intramolecular Hbond substituents is 1. The molecule has 2 aromatic carbocycles. The number of carbonyl (C=O) groups is 1. The molecule has 2 rings (SSSR count). The lowest BCUT2D eigenvalue weighted by Gasteiger charge is -2.06. The predicted molar refractivity (Wildman–Crippen MR) is 77.3 cm³/mol. The second-order valence-electron chi connectivity index (χ2n) is 4.35. The van der Waals surface area contributed by atoms with Gasteiger partial charge in [-0.2, -0.15) is 5.10 Å². The summed E-state index contributed by atoms with van der Waals surface area (Å²) >= 11 is 0. The molecule has 108 valence electrons. The van der Waals surface area contributed by atoms with Crippen LogP contribution < -0.4 is 5.43 Å². The monoisotopic (exact) mass is 288 g/mol. The van der Waals surface area contributed by atoms with Crippen molar-refractivity contribution in [1.29, 1.82) is 0 Å². The van der Waals surface area contributed by atoms with Crippen molar-refractivity contribution in [3.63, 3.8) is 0 Å². The topological polar surface area (TPSA) is 81.9 Å². The summed E-state index contributed by atoms with van der Waals surface area (Å²) in [5.74, 6) is -1.55. The molecule has 21 heavy (non-hydrogen) atoms. The Morgan fingerprint density at radius 1 is 1.19 bits per heavy atom. The fourth-order valence-corrected chi connectivity index (χ4v) is 1.69. The number of rotatable bonds is 4. The molecule has 0 heterocycles. The molecule has 0 fully saturated rings. The second-order valence-corrected chi connectivity index (χ2v) is 4.35. The van der Waals surface area contributed by atoms with Crippen molar-refractivity contribution in [1.82, 2.24) is 0 Å². The van der Waals surface area contributed by atoms with E-state index in [9.17, 15) is 14.3 Å². The number of hydrazone groups is 1. The molecule has 0 aliphatic carbocycles. The van der Waals surface area contributed by atoms with Gasteiger partial charge in [-0.3, -0.25) is 5.43 Å². The van der Waals surface area contributed by atoms with Crippen molar-refractivity contribution in [2.24, 2.45) is 5.10 Å². The average molecular weight is 288 g/mol. The largest absolute Gasteiger partial charge is 0.507 e. The minimum Gasteiger partial charge on any atom is -0.507 e. The number of carboxylic acids is 1. The molecule has 6 heteroatoms. The number of nitrogens with zero attached hydrogens (tertiary/aromatic N) is 1. The van der Waals surface area contributed by atoms with Gasteiger partial charge in [0.2, 0.25) is 0 Å². The Labute approximate surface area is 120 Å². The fourth-order valence-electron chi connectivity index (χ4n) is 1.69. The number of halogens is 1. The van der Waals surface area contributed by atoms with Crippen LogP contribution in [0.2, 0.25) is 0 Å². The van der Waals surface area contributed by atoms with Crippen LogP contribution in [0.15, 0.2) is 47.6 Å². The van der Waals surface area contributed by atoms with Crippen LogP contribution in [-0.4, -0.2) is 21.9 Å². The van der Waals surface area contributed by atoms with Crippen molar-refractivity contribution in [3.8, 4) is 5.75 Å². The van der Waals surface area contributed by atoms with Gasteiger partial charge < -0.3 is 10.2 Å². The van der Waals surface area contributed by atoms with E-state index in [1.165, 1.54) is 24.3 Å².